The minimum absolute atomic E-state index is 0.0702. The Balaban J connectivity index is 2.14. The first-order valence-electron chi connectivity index (χ1n) is 6.92. The molecule has 2 heterocycles. The van der Waals surface area contributed by atoms with Crippen LogP contribution in [0.5, 0.6) is 0 Å². The van der Waals surface area contributed by atoms with Gasteiger partial charge in [-0.2, -0.15) is 5.10 Å². The summed E-state index contributed by atoms with van der Waals surface area (Å²) in [6, 6.07) is 1.79. The van der Waals surface area contributed by atoms with Gasteiger partial charge in [-0.05, 0) is 33.8 Å². The number of carbonyl (C=O) groups is 2. The lowest BCUT2D eigenvalue weighted by atomic mass is 10.3. The molecule has 0 aliphatic heterocycles. The number of thiazole rings is 1. The fraction of sp³-hybridized carbons (Fsp3) is 0.429. The number of aryl methyl sites for hydroxylation is 1. The number of amides is 1. The van der Waals surface area contributed by atoms with Crippen molar-refractivity contribution >= 4 is 28.3 Å². The third-order valence-corrected chi connectivity index (χ3v) is 3.55. The lowest BCUT2D eigenvalue weighted by Gasteiger charge is -2.09. The first-order chi connectivity index (χ1) is 10.4. The van der Waals surface area contributed by atoms with E-state index in [2.05, 4.69) is 15.4 Å². The Morgan fingerprint density at radius 2 is 2.18 bits per heavy atom. The molecular formula is C14H18N4O3S. The van der Waals surface area contributed by atoms with E-state index in [1.165, 1.54) is 11.3 Å². The summed E-state index contributed by atoms with van der Waals surface area (Å²) in [5.74, 6) is -0.804. The number of hydrogen-bond acceptors (Lipinski definition) is 6. The molecule has 2 aromatic rings. The van der Waals surface area contributed by atoms with Gasteiger partial charge in [0, 0.05) is 11.4 Å². The second kappa shape index (κ2) is 6.69. The van der Waals surface area contributed by atoms with Crippen molar-refractivity contribution in [2.24, 2.45) is 0 Å². The SMILES string of the molecule is CCOC(=O)c1csc(NC(=O)c2cc(C)nn2C(C)C)n1. The Hall–Kier alpha value is -2.22. The van der Waals surface area contributed by atoms with Crippen molar-refractivity contribution in [1.29, 1.82) is 0 Å². The molecule has 0 aliphatic carbocycles. The van der Waals surface area contributed by atoms with Crippen molar-refractivity contribution in [3.05, 3.63) is 28.5 Å². The van der Waals surface area contributed by atoms with Crippen LogP contribution in [0, 0.1) is 6.92 Å². The van der Waals surface area contributed by atoms with E-state index in [1.807, 2.05) is 20.8 Å². The molecule has 8 heteroatoms. The molecule has 2 rings (SSSR count). The van der Waals surface area contributed by atoms with Crippen LogP contribution in [0.25, 0.3) is 0 Å². The Morgan fingerprint density at radius 3 is 2.82 bits per heavy atom. The Kier molecular flexibility index (Phi) is 4.92. The molecule has 22 heavy (non-hydrogen) atoms. The zero-order valence-corrected chi connectivity index (χ0v) is 13.7. The standard InChI is InChI=1S/C14H18N4O3S/c1-5-21-13(20)10-7-22-14(15-10)16-12(19)11-6-9(4)17-18(11)8(2)3/h6-8H,5H2,1-4H3,(H,15,16,19). The van der Waals surface area contributed by atoms with Crippen molar-refractivity contribution in [2.45, 2.75) is 33.7 Å². The first-order valence-corrected chi connectivity index (χ1v) is 7.80. The molecule has 0 aromatic carbocycles. The van der Waals surface area contributed by atoms with Crippen LogP contribution in [0.2, 0.25) is 0 Å². The highest BCUT2D eigenvalue weighted by Crippen LogP contribution is 2.18. The second-order valence-electron chi connectivity index (χ2n) is 4.92. The van der Waals surface area contributed by atoms with Gasteiger partial charge in [-0.25, -0.2) is 9.78 Å². The van der Waals surface area contributed by atoms with E-state index >= 15 is 0 Å². The minimum atomic E-state index is -0.498. The van der Waals surface area contributed by atoms with Crippen LogP contribution in [0.15, 0.2) is 11.4 Å². The number of rotatable bonds is 5. The van der Waals surface area contributed by atoms with Crippen LogP contribution in [0.4, 0.5) is 5.13 Å². The first kappa shape index (κ1) is 16.2. The smallest absolute Gasteiger partial charge is 0.357 e. The van der Waals surface area contributed by atoms with Gasteiger partial charge in [0.2, 0.25) is 0 Å². The molecule has 0 saturated carbocycles. The van der Waals surface area contributed by atoms with Crippen molar-refractivity contribution in [2.75, 3.05) is 11.9 Å². The van der Waals surface area contributed by atoms with Gasteiger partial charge in [-0.15, -0.1) is 11.3 Å². The highest BCUT2D eigenvalue weighted by atomic mass is 32.1. The predicted octanol–water partition coefficient (Wildman–Crippen LogP) is 2.66. The van der Waals surface area contributed by atoms with Crippen LogP contribution >= 0.6 is 11.3 Å². The summed E-state index contributed by atoms with van der Waals surface area (Å²) in [6.45, 7) is 7.74. The molecule has 0 bridgehead atoms. The molecule has 0 unspecified atom stereocenters. The summed E-state index contributed by atoms with van der Waals surface area (Å²) in [4.78, 5) is 27.9. The Bertz CT molecular complexity index is 690. The van der Waals surface area contributed by atoms with Gasteiger partial charge in [0.1, 0.15) is 5.69 Å². The van der Waals surface area contributed by atoms with Gasteiger partial charge < -0.3 is 4.74 Å². The summed E-state index contributed by atoms with van der Waals surface area (Å²) in [7, 11) is 0. The van der Waals surface area contributed by atoms with Crippen molar-refractivity contribution in [3.63, 3.8) is 0 Å². The van der Waals surface area contributed by atoms with Gasteiger partial charge in [-0.1, -0.05) is 0 Å². The highest BCUT2D eigenvalue weighted by molar-refractivity contribution is 7.14. The molecule has 1 amide bonds. The van der Waals surface area contributed by atoms with Crippen LogP contribution in [0.3, 0.4) is 0 Å². The number of aromatic nitrogens is 3. The van der Waals surface area contributed by atoms with E-state index < -0.39 is 5.97 Å². The van der Waals surface area contributed by atoms with Gasteiger partial charge in [-0.3, -0.25) is 14.8 Å². The van der Waals surface area contributed by atoms with Gasteiger partial charge in [0.25, 0.3) is 5.91 Å². The summed E-state index contributed by atoms with van der Waals surface area (Å²) in [6.07, 6.45) is 0. The number of esters is 1. The molecule has 118 valence electrons. The second-order valence-corrected chi connectivity index (χ2v) is 5.78. The zero-order chi connectivity index (χ0) is 16.3. The molecular weight excluding hydrogens is 304 g/mol. The lowest BCUT2D eigenvalue weighted by molar-refractivity contribution is 0.0520. The molecule has 0 radical (unpaired) electrons. The maximum Gasteiger partial charge on any atom is 0.357 e. The van der Waals surface area contributed by atoms with Crippen LogP contribution < -0.4 is 5.32 Å². The fourth-order valence-corrected chi connectivity index (χ4v) is 2.55. The third-order valence-electron chi connectivity index (χ3n) is 2.79. The largest absolute Gasteiger partial charge is 0.461 e. The normalized spacial score (nSPS) is 10.8. The quantitative estimate of drug-likeness (QED) is 0.855. The van der Waals surface area contributed by atoms with E-state index in [1.54, 1.807) is 23.1 Å². The summed E-state index contributed by atoms with van der Waals surface area (Å²) in [5, 5.41) is 8.88. The summed E-state index contributed by atoms with van der Waals surface area (Å²) in [5.41, 5.74) is 1.42. The summed E-state index contributed by atoms with van der Waals surface area (Å²) < 4.78 is 6.52. The molecule has 0 atom stereocenters. The third kappa shape index (κ3) is 3.51. The number of carbonyl (C=O) groups excluding carboxylic acids is 2. The fourth-order valence-electron chi connectivity index (χ4n) is 1.87. The van der Waals surface area contributed by atoms with E-state index in [-0.39, 0.29) is 24.2 Å². The Labute approximate surface area is 132 Å². The number of ether oxygens (including phenoxy) is 1. The molecule has 1 N–H and O–H groups in total. The average molecular weight is 322 g/mol. The molecule has 0 saturated heterocycles. The van der Waals surface area contributed by atoms with Crippen LogP contribution in [-0.2, 0) is 4.74 Å². The van der Waals surface area contributed by atoms with Crippen molar-refractivity contribution < 1.29 is 14.3 Å². The van der Waals surface area contributed by atoms with Crippen molar-refractivity contribution in [3.8, 4) is 0 Å². The maximum atomic E-state index is 12.3. The lowest BCUT2D eigenvalue weighted by Crippen LogP contribution is -2.19. The van der Waals surface area contributed by atoms with Crippen LogP contribution in [-0.4, -0.2) is 33.2 Å². The molecule has 2 aromatic heterocycles. The number of nitrogens with zero attached hydrogens (tertiary/aromatic N) is 3. The molecule has 7 nitrogen and oxygen atoms in total. The monoisotopic (exact) mass is 322 g/mol. The zero-order valence-electron chi connectivity index (χ0n) is 12.9. The highest BCUT2D eigenvalue weighted by Gasteiger charge is 2.18. The van der Waals surface area contributed by atoms with E-state index in [9.17, 15) is 9.59 Å². The number of nitrogens with one attached hydrogen (secondary N) is 1. The number of anilines is 1. The van der Waals surface area contributed by atoms with E-state index in [0.29, 0.717) is 10.8 Å². The molecule has 0 fully saturated rings. The maximum absolute atomic E-state index is 12.3. The predicted molar refractivity (Wildman–Crippen MR) is 83.4 cm³/mol. The average Bonchev–Trinajstić information content (AvgIpc) is 3.05. The minimum Gasteiger partial charge on any atom is -0.461 e. The topological polar surface area (TPSA) is 86.1 Å². The molecule has 0 aliphatic rings. The van der Waals surface area contributed by atoms with E-state index in [0.717, 1.165) is 5.69 Å². The van der Waals surface area contributed by atoms with Crippen LogP contribution in [0.1, 0.15) is 53.5 Å². The van der Waals surface area contributed by atoms with Gasteiger partial charge in [0.15, 0.2) is 10.8 Å². The Morgan fingerprint density at radius 1 is 1.45 bits per heavy atom. The van der Waals surface area contributed by atoms with Gasteiger partial charge in [0.05, 0.1) is 12.3 Å². The van der Waals surface area contributed by atoms with Gasteiger partial charge >= 0.3 is 5.97 Å². The number of hydrogen-bond donors (Lipinski definition) is 1. The van der Waals surface area contributed by atoms with Crippen molar-refractivity contribution in [1.82, 2.24) is 14.8 Å². The molecule has 0 spiro atoms. The summed E-state index contributed by atoms with van der Waals surface area (Å²) >= 11 is 1.17. The van der Waals surface area contributed by atoms with E-state index in [4.69, 9.17) is 4.74 Å².